The molecule has 2 aromatic rings. The topological polar surface area (TPSA) is 41.6 Å². The summed E-state index contributed by atoms with van der Waals surface area (Å²) in [5.74, 6) is 0.114. The van der Waals surface area contributed by atoms with Crippen molar-refractivity contribution in [1.82, 2.24) is 15.2 Å². The van der Waals surface area contributed by atoms with Gasteiger partial charge in [0, 0.05) is 5.56 Å². The van der Waals surface area contributed by atoms with Crippen LogP contribution in [-0.4, -0.2) is 15.2 Å². The Morgan fingerprint density at radius 2 is 1.87 bits per heavy atom. The van der Waals surface area contributed by atoms with Gasteiger partial charge in [-0.1, -0.05) is 18.2 Å². The van der Waals surface area contributed by atoms with E-state index in [1.165, 1.54) is 24.5 Å². The van der Waals surface area contributed by atoms with Crippen LogP contribution >= 0.6 is 0 Å². The Bertz CT molecular complexity index is 448. The quantitative estimate of drug-likeness (QED) is 0.790. The van der Waals surface area contributed by atoms with Crippen LogP contribution in [0.2, 0.25) is 0 Å². The number of hydrogen-bond donors (Lipinski definition) is 1. The number of benzene rings is 1. The highest BCUT2D eigenvalue weighted by molar-refractivity contribution is 5.60. The maximum Gasteiger partial charge on any atom is 0.417 e. The molecule has 0 aliphatic carbocycles. The van der Waals surface area contributed by atoms with Crippen molar-refractivity contribution in [2.24, 2.45) is 0 Å². The van der Waals surface area contributed by atoms with Crippen molar-refractivity contribution in [2.45, 2.75) is 6.18 Å². The first-order valence-corrected chi connectivity index (χ1v) is 4.11. The van der Waals surface area contributed by atoms with Gasteiger partial charge in [0.1, 0.15) is 6.33 Å². The first-order valence-electron chi connectivity index (χ1n) is 4.11. The van der Waals surface area contributed by atoms with Crippen LogP contribution in [0.3, 0.4) is 0 Å². The molecule has 0 saturated carbocycles. The van der Waals surface area contributed by atoms with Gasteiger partial charge in [0.05, 0.1) is 5.56 Å². The highest BCUT2D eigenvalue weighted by atomic mass is 19.4. The molecule has 0 unspecified atom stereocenters. The molecule has 2 rings (SSSR count). The molecule has 0 aliphatic rings. The SMILES string of the molecule is FC(F)(F)c1ccccc1-c1nnc[nH]1. The number of nitrogens with zero attached hydrogens (tertiary/aromatic N) is 2. The number of aromatic nitrogens is 3. The fourth-order valence-corrected chi connectivity index (χ4v) is 1.27. The Hall–Kier alpha value is -1.85. The third kappa shape index (κ3) is 1.83. The number of H-pyrrole nitrogens is 1. The van der Waals surface area contributed by atoms with Gasteiger partial charge >= 0.3 is 6.18 Å². The van der Waals surface area contributed by atoms with E-state index in [0.717, 1.165) is 6.07 Å². The van der Waals surface area contributed by atoms with Crippen LogP contribution < -0.4 is 0 Å². The van der Waals surface area contributed by atoms with Crippen molar-refractivity contribution in [3.8, 4) is 11.4 Å². The molecule has 1 N–H and O–H groups in total. The third-order valence-electron chi connectivity index (χ3n) is 1.90. The van der Waals surface area contributed by atoms with Gasteiger partial charge in [-0.15, -0.1) is 10.2 Å². The van der Waals surface area contributed by atoms with Crippen LogP contribution in [0.5, 0.6) is 0 Å². The lowest BCUT2D eigenvalue weighted by molar-refractivity contribution is -0.137. The van der Waals surface area contributed by atoms with Crippen molar-refractivity contribution in [1.29, 1.82) is 0 Å². The number of halogens is 3. The maximum atomic E-state index is 12.6. The molecule has 0 bridgehead atoms. The molecule has 1 aromatic carbocycles. The Morgan fingerprint density at radius 1 is 1.13 bits per heavy atom. The van der Waals surface area contributed by atoms with Crippen LogP contribution in [0, 0.1) is 0 Å². The van der Waals surface area contributed by atoms with E-state index < -0.39 is 11.7 Å². The monoisotopic (exact) mass is 213 g/mol. The highest BCUT2D eigenvalue weighted by Gasteiger charge is 2.33. The second-order valence-electron chi connectivity index (χ2n) is 2.88. The van der Waals surface area contributed by atoms with Crippen LogP contribution in [0.15, 0.2) is 30.6 Å². The summed E-state index contributed by atoms with van der Waals surface area (Å²) >= 11 is 0. The number of nitrogens with one attached hydrogen (secondary N) is 1. The van der Waals surface area contributed by atoms with Crippen LogP contribution in [0.1, 0.15) is 5.56 Å². The van der Waals surface area contributed by atoms with Gasteiger partial charge in [-0.05, 0) is 6.07 Å². The summed E-state index contributed by atoms with van der Waals surface area (Å²) in [6.07, 6.45) is -3.15. The van der Waals surface area contributed by atoms with E-state index in [1.807, 2.05) is 0 Å². The Morgan fingerprint density at radius 3 is 2.47 bits per heavy atom. The molecule has 78 valence electrons. The molecule has 0 aliphatic heterocycles. The molecule has 0 fully saturated rings. The molecular formula is C9H6F3N3. The lowest BCUT2D eigenvalue weighted by atomic mass is 10.1. The van der Waals surface area contributed by atoms with Gasteiger partial charge < -0.3 is 4.98 Å². The smallest absolute Gasteiger partial charge is 0.328 e. The van der Waals surface area contributed by atoms with Crippen molar-refractivity contribution in [2.75, 3.05) is 0 Å². The van der Waals surface area contributed by atoms with E-state index in [9.17, 15) is 13.2 Å². The predicted molar refractivity (Wildman–Crippen MR) is 46.8 cm³/mol. The van der Waals surface area contributed by atoms with Gasteiger partial charge in [0.25, 0.3) is 0 Å². The minimum Gasteiger partial charge on any atom is -0.328 e. The molecule has 0 saturated heterocycles. The first-order chi connectivity index (χ1) is 7.09. The van der Waals surface area contributed by atoms with Gasteiger partial charge in [-0.3, -0.25) is 0 Å². The summed E-state index contributed by atoms with van der Waals surface area (Å²) in [5, 5.41) is 7.00. The molecule has 0 spiro atoms. The van der Waals surface area contributed by atoms with Gasteiger partial charge in [-0.2, -0.15) is 13.2 Å². The van der Waals surface area contributed by atoms with E-state index in [0.29, 0.717) is 0 Å². The number of hydrogen-bond acceptors (Lipinski definition) is 2. The summed E-state index contributed by atoms with van der Waals surface area (Å²) in [7, 11) is 0. The minimum absolute atomic E-state index is 0.00231. The Balaban J connectivity index is 2.58. The average molecular weight is 213 g/mol. The van der Waals surface area contributed by atoms with Crippen molar-refractivity contribution in [3.05, 3.63) is 36.2 Å². The third-order valence-corrected chi connectivity index (χ3v) is 1.90. The highest BCUT2D eigenvalue weighted by Crippen LogP contribution is 2.35. The fraction of sp³-hybridized carbons (Fsp3) is 0.111. The Kier molecular flexibility index (Phi) is 2.18. The zero-order chi connectivity index (χ0) is 10.9. The summed E-state index contributed by atoms with van der Waals surface area (Å²) in [4.78, 5) is 2.54. The largest absolute Gasteiger partial charge is 0.417 e. The van der Waals surface area contributed by atoms with Crippen molar-refractivity contribution >= 4 is 0 Å². The predicted octanol–water partition coefficient (Wildman–Crippen LogP) is 2.49. The molecule has 1 heterocycles. The maximum absolute atomic E-state index is 12.6. The number of rotatable bonds is 1. The molecule has 0 radical (unpaired) electrons. The van der Waals surface area contributed by atoms with Crippen molar-refractivity contribution < 1.29 is 13.2 Å². The summed E-state index contributed by atoms with van der Waals surface area (Å²) in [6, 6.07) is 5.22. The van der Waals surface area contributed by atoms with Gasteiger partial charge in [-0.25, -0.2) is 0 Å². The molecule has 6 heteroatoms. The normalized spacial score (nSPS) is 11.7. The standard InChI is InChI=1S/C9H6F3N3/c10-9(11,12)7-4-2-1-3-6(7)8-13-5-14-15-8/h1-5H,(H,13,14,15). The van der Waals surface area contributed by atoms with E-state index in [-0.39, 0.29) is 11.4 Å². The summed E-state index contributed by atoms with van der Waals surface area (Å²) in [6.45, 7) is 0. The van der Waals surface area contributed by atoms with Crippen LogP contribution in [0.4, 0.5) is 13.2 Å². The van der Waals surface area contributed by atoms with Gasteiger partial charge in [0.2, 0.25) is 0 Å². The molecule has 15 heavy (non-hydrogen) atoms. The second-order valence-corrected chi connectivity index (χ2v) is 2.88. The Labute approximate surface area is 83.0 Å². The zero-order valence-electron chi connectivity index (χ0n) is 7.42. The summed E-state index contributed by atoms with van der Waals surface area (Å²) < 4.78 is 37.7. The molecule has 3 nitrogen and oxygen atoms in total. The average Bonchev–Trinajstić information content (AvgIpc) is 2.69. The van der Waals surface area contributed by atoms with Crippen LogP contribution in [-0.2, 0) is 6.18 Å². The lowest BCUT2D eigenvalue weighted by Gasteiger charge is -2.09. The molecule has 1 aromatic heterocycles. The fourth-order valence-electron chi connectivity index (χ4n) is 1.27. The van der Waals surface area contributed by atoms with Crippen LogP contribution in [0.25, 0.3) is 11.4 Å². The van der Waals surface area contributed by atoms with Crippen molar-refractivity contribution in [3.63, 3.8) is 0 Å². The van der Waals surface area contributed by atoms with E-state index in [2.05, 4.69) is 15.2 Å². The van der Waals surface area contributed by atoms with Gasteiger partial charge in [0.15, 0.2) is 5.82 Å². The molecular weight excluding hydrogens is 207 g/mol. The first kappa shape index (κ1) is 9.70. The van der Waals surface area contributed by atoms with E-state index in [1.54, 1.807) is 0 Å². The summed E-state index contributed by atoms with van der Waals surface area (Å²) in [5.41, 5.74) is -0.718. The minimum atomic E-state index is -4.39. The zero-order valence-corrected chi connectivity index (χ0v) is 7.42. The molecule has 0 atom stereocenters. The number of aromatic amines is 1. The van der Waals surface area contributed by atoms with E-state index in [4.69, 9.17) is 0 Å². The lowest BCUT2D eigenvalue weighted by Crippen LogP contribution is -2.07. The second kappa shape index (κ2) is 3.38. The van der Waals surface area contributed by atoms with E-state index >= 15 is 0 Å². The molecule has 0 amide bonds. The number of alkyl halides is 3.